The summed E-state index contributed by atoms with van der Waals surface area (Å²) >= 11 is 6.68. The number of halogens is 1. The van der Waals surface area contributed by atoms with Crippen LogP contribution in [0, 0.1) is 0 Å². The van der Waals surface area contributed by atoms with Crippen molar-refractivity contribution in [3.8, 4) is 0 Å². The van der Waals surface area contributed by atoms with E-state index in [0.29, 0.717) is 15.2 Å². The molecule has 2 N–H and O–H groups in total. The van der Waals surface area contributed by atoms with Gasteiger partial charge in [0.1, 0.15) is 6.54 Å². The van der Waals surface area contributed by atoms with Crippen molar-refractivity contribution in [3.05, 3.63) is 52.3 Å². The summed E-state index contributed by atoms with van der Waals surface area (Å²) in [7, 11) is -6.89. The van der Waals surface area contributed by atoms with Crippen molar-refractivity contribution in [3.63, 3.8) is 0 Å². The van der Waals surface area contributed by atoms with Gasteiger partial charge in [0.05, 0.1) is 27.1 Å². The number of esters is 1. The van der Waals surface area contributed by atoms with Crippen molar-refractivity contribution in [2.45, 2.75) is 16.3 Å². The molecule has 0 fully saturated rings. The van der Waals surface area contributed by atoms with Gasteiger partial charge in [-0.05, 0) is 42.5 Å². The molecule has 2 aromatic carbocycles. The number of thiazole rings is 1. The number of carbonyl (C=O) groups is 1. The molecule has 0 saturated carbocycles. The van der Waals surface area contributed by atoms with E-state index in [1.807, 2.05) is 0 Å². The van der Waals surface area contributed by atoms with Gasteiger partial charge in [0.15, 0.2) is 0 Å². The number of rotatable bonds is 5. The Hall–Kier alpha value is -2.25. The second kappa shape index (κ2) is 7.88. The van der Waals surface area contributed by atoms with Crippen LogP contribution >= 0.6 is 22.9 Å². The lowest BCUT2D eigenvalue weighted by Gasteiger charge is -2.04. The second-order valence-electron chi connectivity index (χ2n) is 5.74. The normalized spacial score (nSPS) is 13.0. The summed E-state index contributed by atoms with van der Waals surface area (Å²) in [5, 5.41) is 5.51. The third-order valence-electron chi connectivity index (χ3n) is 3.81. The molecule has 29 heavy (non-hydrogen) atoms. The van der Waals surface area contributed by atoms with Crippen LogP contribution in [-0.2, 0) is 36.1 Å². The van der Waals surface area contributed by atoms with E-state index in [9.17, 15) is 21.6 Å². The summed E-state index contributed by atoms with van der Waals surface area (Å²) < 4.78 is 58.8. The molecule has 13 heteroatoms. The maximum atomic E-state index is 12.7. The van der Waals surface area contributed by atoms with Crippen LogP contribution in [0.3, 0.4) is 0 Å². The smallest absolute Gasteiger partial charge is 0.325 e. The zero-order valence-corrected chi connectivity index (χ0v) is 18.0. The number of hydrogen-bond acceptors (Lipinski definition) is 7. The Bertz CT molecular complexity index is 1370. The summed E-state index contributed by atoms with van der Waals surface area (Å²) in [6, 6.07) is 9.40. The summed E-state index contributed by atoms with van der Waals surface area (Å²) in [5.74, 6) is -0.634. The van der Waals surface area contributed by atoms with Gasteiger partial charge in [-0.2, -0.15) is 8.42 Å². The Balaban J connectivity index is 2.26. The molecule has 0 aliphatic rings. The number of sulfonamides is 2. The number of ether oxygens (including phenoxy) is 1. The van der Waals surface area contributed by atoms with Gasteiger partial charge in [0.2, 0.25) is 14.8 Å². The molecule has 0 saturated heterocycles. The standard InChI is InChI=1S/C16H14ClN3O6S3/c1-26-15(21)9-20-13-7-6-12(28(18,22)23)8-14(13)27-16(20)19-29(24,25)11-4-2-10(17)3-5-11/h2-8H,9H2,1H3,(H2,18,22,23). The second-order valence-corrected chi connectivity index (χ2v) is 10.4. The molecule has 0 bridgehead atoms. The van der Waals surface area contributed by atoms with Crippen LogP contribution in [0.15, 0.2) is 56.7 Å². The summed E-state index contributed by atoms with van der Waals surface area (Å²) in [6.07, 6.45) is 0. The molecule has 0 aliphatic heterocycles. The Morgan fingerprint density at radius 3 is 2.34 bits per heavy atom. The molecule has 0 atom stereocenters. The van der Waals surface area contributed by atoms with Gasteiger partial charge in [-0.3, -0.25) is 4.79 Å². The number of fused-ring (bicyclic) bond motifs is 1. The van der Waals surface area contributed by atoms with Gasteiger partial charge in [0, 0.05) is 5.02 Å². The number of hydrogen-bond donors (Lipinski definition) is 1. The molecule has 3 rings (SSSR count). The first-order valence-corrected chi connectivity index (χ1v) is 12.0. The highest BCUT2D eigenvalue weighted by molar-refractivity contribution is 7.90. The van der Waals surface area contributed by atoms with E-state index in [1.165, 1.54) is 54.1 Å². The SMILES string of the molecule is COC(=O)Cn1c(=NS(=O)(=O)c2ccc(Cl)cc2)sc2cc(S(N)(=O)=O)ccc21. The first kappa shape index (κ1) is 21.5. The number of nitrogens with two attached hydrogens (primary N) is 1. The highest BCUT2D eigenvalue weighted by Gasteiger charge is 2.18. The predicted molar refractivity (Wildman–Crippen MR) is 107 cm³/mol. The zero-order valence-electron chi connectivity index (χ0n) is 14.8. The van der Waals surface area contributed by atoms with Crippen molar-refractivity contribution in [1.82, 2.24) is 4.57 Å². The van der Waals surface area contributed by atoms with Crippen LogP contribution in [0.5, 0.6) is 0 Å². The molecule has 1 aromatic heterocycles. The van der Waals surface area contributed by atoms with Gasteiger partial charge < -0.3 is 9.30 Å². The minimum absolute atomic E-state index is 0.0353. The van der Waals surface area contributed by atoms with Crippen molar-refractivity contribution in [1.29, 1.82) is 0 Å². The maximum absolute atomic E-state index is 12.7. The summed E-state index contributed by atoms with van der Waals surface area (Å²) in [6.45, 7) is -0.319. The van der Waals surface area contributed by atoms with E-state index >= 15 is 0 Å². The number of benzene rings is 2. The third kappa shape index (κ3) is 4.67. The molecule has 3 aromatic rings. The Kier molecular flexibility index (Phi) is 5.83. The number of carbonyl (C=O) groups excluding carboxylic acids is 1. The van der Waals surface area contributed by atoms with E-state index in [0.717, 1.165) is 11.3 Å². The molecule has 1 heterocycles. The van der Waals surface area contributed by atoms with Crippen molar-refractivity contribution < 1.29 is 26.4 Å². The average molecular weight is 476 g/mol. The Morgan fingerprint density at radius 1 is 1.14 bits per heavy atom. The zero-order chi connectivity index (χ0) is 21.4. The third-order valence-corrected chi connectivity index (χ3v) is 7.41. The lowest BCUT2D eigenvalue weighted by Crippen LogP contribution is -2.22. The number of aromatic nitrogens is 1. The van der Waals surface area contributed by atoms with Crippen molar-refractivity contribution in [2.24, 2.45) is 9.54 Å². The lowest BCUT2D eigenvalue weighted by molar-refractivity contribution is -0.141. The lowest BCUT2D eigenvalue weighted by atomic mass is 10.3. The topological polar surface area (TPSA) is 138 Å². The van der Waals surface area contributed by atoms with Gasteiger partial charge in [-0.25, -0.2) is 13.6 Å². The van der Waals surface area contributed by atoms with E-state index in [2.05, 4.69) is 9.13 Å². The van der Waals surface area contributed by atoms with Crippen molar-refractivity contribution >= 4 is 59.2 Å². The molecule has 9 nitrogen and oxygen atoms in total. The van der Waals surface area contributed by atoms with Crippen LogP contribution < -0.4 is 9.94 Å². The van der Waals surface area contributed by atoms with Crippen LogP contribution in [0.1, 0.15) is 0 Å². The number of primary sulfonamides is 1. The van der Waals surface area contributed by atoms with Gasteiger partial charge in [-0.1, -0.05) is 22.9 Å². The van der Waals surface area contributed by atoms with Crippen LogP contribution in [0.2, 0.25) is 5.02 Å². The summed E-state index contributed by atoms with van der Waals surface area (Å²) in [4.78, 5) is 11.5. The average Bonchev–Trinajstić information content (AvgIpc) is 2.97. The van der Waals surface area contributed by atoms with E-state index < -0.39 is 26.0 Å². The molecular weight excluding hydrogens is 462 g/mol. The molecule has 0 radical (unpaired) electrons. The van der Waals surface area contributed by atoms with E-state index in [-0.39, 0.29) is 21.1 Å². The van der Waals surface area contributed by atoms with Gasteiger partial charge in [0.25, 0.3) is 10.0 Å². The highest BCUT2D eigenvalue weighted by Crippen LogP contribution is 2.22. The largest absolute Gasteiger partial charge is 0.468 e. The molecule has 0 spiro atoms. The molecule has 0 amide bonds. The Morgan fingerprint density at radius 2 is 1.76 bits per heavy atom. The van der Waals surface area contributed by atoms with Gasteiger partial charge >= 0.3 is 5.97 Å². The molecule has 0 unspecified atom stereocenters. The first-order valence-electron chi connectivity index (χ1n) is 7.81. The minimum atomic E-state index is -4.12. The quantitative estimate of drug-likeness (QED) is 0.554. The monoisotopic (exact) mass is 475 g/mol. The molecule has 0 aliphatic carbocycles. The predicted octanol–water partition coefficient (Wildman–Crippen LogP) is 1.47. The van der Waals surface area contributed by atoms with Crippen LogP contribution in [0.4, 0.5) is 0 Å². The highest BCUT2D eigenvalue weighted by atomic mass is 35.5. The van der Waals surface area contributed by atoms with Crippen molar-refractivity contribution in [2.75, 3.05) is 7.11 Å². The van der Waals surface area contributed by atoms with Crippen LogP contribution in [0.25, 0.3) is 10.2 Å². The fourth-order valence-corrected chi connectivity index (χ4v) is 5.42. The maximum Gasteiger partial charge on any atom is 0.325 e. The number of methoxy groups -OCH3 is 1. The van der Waals surface area contributed by atoms with E-state index in [1.54, 1.807) is 0 Å². The van der Waals surface area contributed by atoms with Gasteiger partial charge in [-0.15, -0.1) is 4.40 Å². The fraction of sp³-hybridized carbons (Fsp3) is 0.125. The van der Waals surface area contributed by atoms with Crippen LogP contribution in [-0.4, -0.2) is 34.5 Å². The fourth-order valence-electron chi connectivity index (χ4n) is 2.41. The van der Waals surface area contributed by atoms with E-state index in [4.69, 9.17) is 16.7 Å². The first-order chi connectivity index (χ1) is 13.5. The molecule has 154 valence electrons. The summed E-state index contributed by atoms with van der Waals surface area (Å²) in [5.41, 5.74) is 0.401. The Labute approximate surface area is 175 Å². The number of nitrogens with zero attached hydrogens (tertiary/aromatic N) is 2. The minimum Gasteiger partial charge on any atom is -0.468 e. The molecular formula is C16H14ClN3O6S3.